The fraction of sp³-hybridized carbons (Fsp3) is 0.471. The zero-order valence-corrected chi connectivity index (χ0v) is 12.2. The topological polar surface area (TPSA) is 28.2 Å². The van der Waals surface area contributed by atoms with Gasteiger partial charge in [0.1, 0.15) is 0 Å². The number of hydrogen-bond donors (Lipinski definition) is 1. The standard InChI is InChI=1S/C17H23N3/c1-2-9-18-12-14-8-11-20(13-14)16-7-3-5-15-6-4-10-19-17(15)16/h3-7,10,14,18H,2,8-9,11-13H2,1H3. The number of hydrogen-bond acceptors (Lipinski definition) is 3. The predicted octanol–water partition coefficient (Wildman–Crippen LogP) is 3.06. The third kappa shape index (κ3) is 2.78. The van der Waals surface area contributed by atoms with E-state index in [4.69, 9.17) is 0 Å². The Morgan fingerprint density at radius 1 is 1.30 bits per heavy atom. The average molecular weight is 269 g/mol. The van der Waals surface area contributed by atoms with Crippen molar-refractivity contribution < 1.29 is 0 Å². The number of para-hydroxylation sites is 1. The van der Waals surface area contributed by atoms with Gasteiger partial charge in [0, 0.05) is 24.7 Å². The highest BCUT2D eigenvalue weighted by Crippen LogP contribution is 2.29. The summed E-state index contributed by atoms with van der Waals surface area (Å²) in [5.74, 6) is 0.764. The number of nitrogens with zero attached hydrogens (tertiary/aromatic N) is 2. The van der Waals surface area contributed by atoms with Crippen molar-refractivity contribution in [3.05, 3.63) is 36.5 Å². The summed E-state index contributed by atoms with van der Waals surface area (Å²) in [5, 5.41) is 4.78. The van der Waals surface area contributed by atoms with Crippen LogP contribution >= 0.6 is 0 Å². The molecule has 0 spiro atoms. The Morgan fingerprint density at radius 2 is 2.20 bits per heavy atom. The molecule has 1 aromatic heterocycles. The van der Waals surface area contributed by atoms with Crippen molar-refractivity contribution in [2.45, 2.75) is 19.8 Å². The van der Waals surface area contributed by atoms with E-state index in [0.717, 1.165) is 37.6 Å². The quantitative estimate of drug-likeness (QED) is 0.846. The first kappa shape index (κ1) is 13.4. The molecule has 2 heterocycles. The van der Waals surface area contributed by atoms with Crippen LogP contribution in [0.2, 0.25) is 0 Å². The summed E-state index contributed by atoms with van der Waals surface area (Å²) in [5.41, 5.74) is 2.43. The lowest BCUT2D eigenvalue weighted by Crippen LogP contribution is -2.27. The minimum absolute atomic E-state index is 0.764. The van der Waals surface area contributed by atoms with Crippen molar-refractivity contribution >= 4 is 16.6 Å². The van der Waals surface area contributed by atoms with Gasteiger partial charge in [0.05, 0.1) is 11.2 Å². The molecule has 0 saturated carbocycles. The zero-order valence-electron chi connectivity index (χ0n) is 12.2. The number of benzene rings is 1. The molecule has 0 amide bonds. The fourth-order valence-corrected chi connectivity index (χ4v) is 3.04. The van der Waals surface area contributed by atoms with Crippen LogP contribution in [0.1, 0.15) is 19.8 Å². The number of pyridine rings is 1. The molecule has 0 radical (unpaired) electrons. The van der Waals surface area contributed by atoms with Crippen molar-refractivity contribution in [2.75, 3.05) is 31.1 Å². The molecular formula is C17H23N3. The Bertz CT molecular complexity index is 562. The Kier molecular flexibility index (Phi) is 4.16. The van der Waals surface area contributed by atoms with Gasteiger partial charge in [-0.3, -0.25) is 4.98 Å². The molecule has 0 bridgehead atoms. The SMILES string of the molecule is CCCNCC1CCN(c2cccc3cccnc23)C1. The summed E-state index contributed by atoms with van der Waals surface area (Å²) >= 11 is 0. The minimum atomic E-state index is 0.764. The fourth-order valence-electron chi connectivity index (χ4n) is 3.04. The van der Waals surface area contributed by atoms with E-state index in [-0.39, 0.29) is 0 Å². The van der Waals surface area contributed by atoms with Crippen LogP contribution < -0.4 is 10.2 Å². The third-order valence-electron chi connectivity index (χ3n) is 4.10. The van der Waals surface area contributed by atoms with E-state index in [9.17, 15) is 0 Å². The number of anilines is 1. The van der Waals surface area contributed by atoms with Gasteiger partial charge >= 0.3 is 0 Å². The smallest absolute Gasteiger partial charge is 0.0935 e. The number of fused-ring (bicyclic) bond motifs is 1. The lowest BCUT2D eigenvalue weighted by atomic mass is 10.1. The first-order valence-electron chi connectivity index (χ1n) is 7.68. The molecule has 20 heavy (non-hydrogen) atoms. The summed E-state index contributed by atoms with van der Waals surface area (Å²) in [6, 6.07) is 10.6. The van der Waals surface area contributed by atoms with Crippen LogP contribution in [-0.2, 0) is 0 Å². The molecule has 1 aliphatic heterocycles. The highest BCUT2D eigenvalue weighted by atomic mass is 15.2. The van der Waals surface area contributed by atoms with Gasteiger partial charge in [0.25, 0.3) is 0 Å². The number of rotatable bonds is 5. The van der Waals surface area contributed by atoms with Crippen LogP contribution in [0.25, 0.3) is 10.9 Å². The van der Waals surface area contributed by atoms with Gasteiger partial charge in [0.2, 0.25) is 0 Å². The summed E-state index contributed by atoms with van der Waals surface area (Å²) in [4.78, 5) is 7.06. The monoisotopic (exact) mass is 269 g/mol. The van der Waals surface area contributed by atoms with Crippen LogP contribution in [0.5, 0.6) is 0 Å². The molecule has 1 unspecified atom stereocenters. The molecular weight excluding hydrogens is 246 g/mol. The Balaban J connectivity index is 1.73. The van der Waals surface area contributed by atoms with E-state index in [1.807, 2.05) is 12.3 Å². The maximum Gasteiger partial charge on any atom is 0.0935 e. The highest BCUT2D eigenvalue weighted by molar-refractivity contribution is 5.90. The molecule has 1 saturated heterocycles. The van der Waals surface area contributed by atoms with E-state index < -0.39 is 0 Å². The Hall–Kier alpha value is -1.61. The van der Waals surface area contributed by atoms with Crippen molar-refractivity contribution in [2.24, 2.45) is 5.92 Å². The van der Waals surface area contributed by atoms with E-state index in [1.54, 1.807) is 0 Å². The van der Waals surface area contributed by atoms with Crippen LogP contribution in [-0.4, -0.2) is 31.2 Å². The molecule has 106 valence electrons. The molecule has 3 rings (SSSR count). The van der Waals surface area contributed by atoms with Crippen molar-refractivity contribution in [3.8, 4) is 0 Å². The second-order valence-electron chi connectivity index (χ2n) is 5.66. The molecule has 0 aliphatic carbocycles. The van der Waals surface area contributed by atoms with Gasteiger partial charge in [-0.15, -0.1) is 0 Å². The number of aromatic nitrogens is 1. The Morgan fingerprint density at radius 3 is 3.10 bits per heavy atom. The molecule has 1 fully saturated rings. The molecule has 2 aromatic rings. The van der Waals surface area contributed by atoms with E-state index in [2.05, 4.69) is 46.4 Å². The molecule has 1 N–H and O–H groups in total. The maximum absolute atomic E-state index is 4.57. The summed E-state index contributed by atoms with van der Waals surface area (Å²) < 4.78 is 0. The second-order valence-corrected chi connectivity index (χ2v) is 5.66. The van der Waals surface area contributed by atoms with Gasteiger partial charge in [-0.2, -0.15) is 0 Å². The zero-order chi connectivity index (χ0) is 13.8. The molecule has 1 aromatic carbocycles. The largest absolute Gasteiger partial charge is 0.369 e. The van der Waals surface area contributed by atoms with Crippen LogP contribution in [0.4, 0.5) is 5.69 Å². The number of nitrogens with one attached hydrogen (secondary N) is 1. The van der Waals surface area contributed by atoms with Gasteiger partial charge in [0.15, 0.2) is 0 Å². The summed E-state index contributed by atoms with van der Waals surface area (Å²) in [6.45, 7) is 6.78. The Labute approximate surface area is 121 Å². The van der Waals surface area contributed by atoms with Crippen LogP contribution in [0, 0.1) is 5.92 Å². The van der Waals surface area contributed by atoms with Crippen molar-refractivity contribution in [1.82, 2.24) is 10.3 Å². The molecule has 1 atom stereocenters. The van der Waals surface area contributed by atoms with Gasteiger partial charge in [-0.1, -0.05) is 25.1 Å². The van der Waals surface area contributed by atoms with Crippen molar-refractivity contribution in [1.29, 1.82) is 0 Å². The second kappa shape index (κ2) is 6.23. The lowest BCUT2D eigenvalue weighted by molar-refractivity contribution is 0.516. The molecule has 3 nitrogen and oxygen atoms in total. The molecule has 1 aliphatic rings. The average Bonchev–Trinajstić information content (AvgIpc) is 2.96. The normalized spacial score (nSPS) is 18.9. The van der Waals surface area contributed by atoms with Crippen LogP contribution in [0.3, 0.4) is 0 Å². The van der Waals surface area contributed by atoms with E-state index >= 15 is 0 Å². The summed E-state index contributed by atoms with van der Waals surface area (Å²) in [6.07, 6.45) is 4.38. The summed E-state index contributed by atoms with van der Waals surface area (Å²) in [7, 11) is 0. The van der Waals surface area contributed by atoms with Gasteiger partial charge < -0.3 is 10.2 Å². The van der Waals surface area contributed by atoms with Crippen LogP contribution in [0.15, 0.2) is 36.5 Å². The highest BCUT2D eigenvalue weighted by Gasteiger charge is 2.23. The van der Waals surface area contributed by atoms with Gasteiger partial charge in [-0.25, -0.2) is 0 Å². The first-order chi connectivity index (χ1) is 9.88. The van der Waals surface area contributed by atoms with E-state index in [1.165, 1.54) is 23.9 Å². The van der Waals surface area contributed by atoms with Gasteiger partial charge in [-0.05, 0) is 44.0 Å². The third-order valence-corrected chi connectivity index (χ3v) is 4.10. The van der Waals surface area contributed by atoms with E-state index in [0.29, 0.717) is 0 Å². The van der Waals surface area contributed by atoms with Crippen molar-refractivity contribution in [3.63, 3.8) is 0 Å². The first-order valence-corrected chi connectivity index (χ1v) is 7.68. The minimum Gasteiger partial charge on any atom is -0.369 e. The lowest BCUT2D eigenvalue weighted by Gasteiger charge is -2.20. The predicted molar refractivity (Wildman–Crippen MR) is 85.2 cm³/mol. The maximum atomic E-state index is 4.57. The molecule has 3 heteroatoms.